The standard InChI is InChI=1S/C37H63N3O12/c1-33(2,3)39-28(44)21(17-16-18-24(42)43)40(20-41)29-27(32(47)52-37(13,14)15)26(31(46)51-36(10,11)12)25(30(45)50-35(7,8)9)22(48-29)19-23(38)49-34(4,5)6/h20-22,25-27,29,38H,16-19H2,1-15H3,(H,39,44)(H,42,43)/t21-,22-,25+,26+,27-,29-/m1/s1. The Balaban J connectivity index is 4.26. The van der Waals surface area contributed by atoms with Gasteiger partial charge in [-0.1, -0.05) is 0 Å². The van der Waals surface area contributed by atoms with Crippen molar-refractivity contribution >= 4 is 42.1 Å². The largest absolute Gasteiger partial charge is 0.481 e. The number of esters is 3. The van der Waals surface area contributed by atoms with Gasteiger partial charge in [0.1, 0.15) is 40.6 Å². The third-order valence-corrected chi connectivity index (χ3v) is 7.09. The zero-order chi connectivity index (χ0) is 40.8. The number of carboxylic acid groups (broad SMARTS) is 1. The predicted octanol–water partition coefficient (Wildman–Crippen LogP) is 4.76. The van der Waals surface area contributed by atoms with Gasteiger partial charge in [0.05, 0.1) is 24.4 Å². The van der Waals surface area contributed by atoms with Gasteiger partial charge in [0.25, 0.3) is 0 Å². The summed E-state index contributed by atoms with van der Waals surface area (Å²) in [7, 11) is 0. The Morgan fingerprint density at radius 1 is 0.731 bits per heavy atom. The maximum absolute atomic E-state index is 14.4. The number of nitrogens with one attached hydrogen (secondary N) is 2. The lowest BCUT2D eigenvalue weighted by atomic mass is 9.73. The van der Waals surface area contributed by atoms with Gasteiger partial charge in [-0.2, -0.15) is 0 Å². The van der Waals surface area contributed by atoms with Gasteiger partial charge in [-0.25, -0.2) is 0 Å². The number of amides is 2. The van der Waals surface area contributed by atoms with Gasteiger partial charge in [0.2, 0.25) is 12.3 Å². The van der Waals surface area contributed by atoms with Crippen LogP contribution in [0.25, 0.3) is 0 Å². The van der Waals surface area contributed by atoms with Crippen LogP contribution >= 0.6 is 0 Å². The van der Waals surface area contributed by atoms with Crippen LogP contribution in [0.2, 0.25) is 0 Å². The van der Waals surface area contributed by atoms with Crippen molar-refractivity contribution in [3.05, 3.63) is 0 Å². The Morgan fingerprint density at radius 3 is 1.54 bits per heavy atom. The Morgan fingerprint density at radius 2 is 1.15 bits per heavy atom. The van der Waals surface area contributed by atoms with E-state index in [9.17, 15) is 33.9 Å². The third-order valence-electron chi connectivity index (χ3n) is 7.09. The van der Waals surface area contributed by atoms with Crippen molar-refractivity contribution in [1.29, 1.82) is 5.41 Å². The van der Waals surface area contributed by atoms with E-state index in [1.54, 1.807) is 104 Å². The molecule has 52 heavy (non-hydrogen) atoms. The normalized spacial score (nSPS) is 21.9. The summed E-state index contributed by atoms with van der Waals surface area (Å²) in [4.78, 5) is 82.5. The van der Waals surface area contributed by atoms with Crippen molar-refractivity contribution in [2.45, 2.75) is 176 Å². The molecule has 0 spiro atoms. The summed E-state index contributed by atoms with van der Waals surface area (Å²) in [6.07, 6.45) is -3.87. The maximum Gasteiger partial charge on any atom is 0.314 e. The van der Waals surface area contributed by atoms with Crippen molar-refractivity contribution in [2.75, 3.05) is 0 Å². The highest BCUT2D eigenvalue weighted by atomic mass is 16.6. The lowest BCUT2D eigenvalue weighted by Crippen LogP contribution is -2.65. The van der Waals surface area contributed by atoms with Crippen molar-refractivity contribution < 1.29 is 57.6 Å². The molecule has 1 fully saturated rings. The molecule has 15 nitrogen and oxygen atoms in total. The lowest BCUT2D eigenvalue weighted by molar-refractivity contribution is -0.234. The number of hydrogen-bond donors (Lipinski definition) is 3. The highest BCUT2D eigenvalue weighted by molar-refractivity contribution is 5.90. The Bertz CT molecular complexity index is 1310. The van der Waals surface area contributed by atoms with Crippen molar-refractivity contribution in [2.24, 2.45) is 17.8 Å². The molecule has 15 heteroatoms. The van der Waals surface area contributed by atoms with Crippen LogP contribution in [0.5, 0.6) is 0 Å². The van der Waals surface area contributed by atoms with Crippen molar-refractivity contribution in [3.63, 3.8) is 0 Å². The van der Waals surface area contributed by atoms with Crippen LogP contribution < -0.4 is 5.32 Å². The van der Waals surface area contributed by atoms with Crippen LogP contribution in [0.3, 0.4) is 0 Å². The van der Waals surface area contributed by atoms with Gasteiger partial charge in [0.15, 0.2) is 5.90 Å². The lowest BCUT2D eigenvalue weighted by Gasteiger charge is -2.49. The van der Waals surface area contributed by atoms with E-state index in [0.717, 1.165) is 4.90 Å². The van der Waals surface area contributed by atoms with Crippen molar-refractivity contribution in [1.82, 2.24) is 10.2 Å². The minimum atomic E-state index is -1.77. The minimum absolute atomic E-state index is 0.0464. The summed E-state index contributed by atoms with van der Waals surface area (Å²) in [5.41, 5.74) is -4.95. The smallest absolute Gasteiger partial charge is 0.314 e. The quantitative estimate of drug-likeness (QED) is 0.0768. The van der Waals surface area contributed by atoms with E-state index in [1.807, 2.05) is 0 Å². The fourth-order valence-electron chi connectivity index (χ4n) is 5.60. The highest BCUT2D eigenvalue weighted by Gasteiger charge is 2.60. The molecule has 0 aromatic carbocycles. The molecule has 1 aliphatic heterocycles. The van der Waals surface area contributed by atoms with E-state index in [4.69, 9.17) is 29.1 Å². The molecule has 0 saturated carbocycles. The molecular weight excluding hydrogens is 678 g/mol. The molecule has 1 saturated heterocycles. The topological polar surface area (TPSA) is 208 Å². The summed E-state index contributed by atoms with van der Waals surface area (Å²) in [6, 6.07) is -1.41. The number of hydrogen-bond acceptors (Lipinski definition) is 12. The molecule has 0 aromatic heterocycles. The van der Waals surface area contributed by atoms with Gasteiger partial charge in [0, 0.05) is 12.0 Å². The first kappa shape index (κ1) is 46.3. The number of ether oxygens (including phenoxy) is 5. The van der Waals surface area contributed by atoms with E-state index in [-0.39, 0.29) is 31.6 Å². The van der Waals surface area contributed by atoms with E-state index < -0.39 is 100 Å². The Kier molecular flexibility index (Phi) is 15.5. The monoisotopic (exact) mass is 741 g/mol. The fourth-order valence-corrected chi connectivity index (χ4v) is 5.60. The summed E-state index contributed by atoms with van der Waals surface area (Å²) in [5.74, 6) is -10.2. The van der Waals surface area contributed by atoms with Crippen LogP contribution in [0.15, 0.2) is 0 Å². The van der Waals surface area contributed by atoms with Crippen molar-refractivity contribution in [3.8, 4) is 0 Å². The third kappa shape index (κ3) is 15.9. The number of rotatable bonds is 13. The molecule has 0 aromatic rings. The summed E-state index contributed by atoms with van der Waals surface area (Å²) >= 11 is 0. The van der Waals surface area contributed by atoms with E-state index >= 15 is 0 Å². The first-order chi connectivity index (χ1) is 23.2. The zero-order valence-electron chi connectivity index (χ0n) is 33.8. The Labute approximate surface area is 308 Å². The van der Waals surface area contributed by atoms with Crippen LogP contribution in [0.1, 0.15) is 130 Å². The second-order valence-corrected chi connectivity index (χ2v) is 18.2. The first-order valence-electron chi connectivity index (χ1n) is 17.6. The number of aliphatic carboxylic acids is 1. The molecule has 0 unspecified atom stereocenters. The van der Waals surface area contributed by atoms with Gasteiger partial charge >= 0.3 is 23.9 Å². The van der Waals surface area contributed by atoms with Gasteiger partial charge in [-0.05, 0) is 117 Å². The second-order valence-electron chi connectivity index (χ2n) is 18.2. The molecule has 3 N–H and O–H groups in total. The van der Waals surface area contributed by atoms with E-state index in [0.29, 0.717) is 0 Å². The molecule has 1 rings (SSSR count). The molecule has 1 heterocycles. The molecule has 0 bridgehead atoms. The zero-order valence-corrected chi connectivity index (χ0v) is 33.8. The average molecular weight is 742 g/mol. The van der Waals surface area contributed by atoms with Crippen LogP contribution in [-0.2, 0) is 52.5 Å². The average Bonchev–Trinajstić information content (AvgIpc) is 2.86. The highest BCUT2D eigenvalue weighted by Crippen LogP contribution is 2.43. The van der Waals surface area contributed by atoms with Crippen LogP contribution in [-0.4, -0.2) is 98.4 Å². The van der Waals surface area contributed by atoms with E-state index in [2.05, 4.69) is 5.32 Å². The molecule has 6 atom stereocenters. The van der Waals surface area contributed by atoms with Gasteiger partial charge < -0.3 is 39.0 Å². The SMILES string of the molecule is CC(C)(C)NC(=O)[C@@H](CCCC(=O)O)N(C=O)[C@@H]1O[C@H](CC(=N)OC(C)(C)C)[C@H](C(=O)OC(C)(C)C)[C@H](C(=O)OC(C)(C)C)[C@H]1C(=O)OC(C)(C)C. The molecule has 0 aliphatic carbocycles. The number of nitrogens with zero attached hydrogens (tertiary/aromatic N) is 1. The number of carbonyl (C=O) groups excluding carboxylic acids is 5. The maximum atomic E-state index is 14.4. The van der Waals surface area contributed by atoms with Crippen LogP contribution in [0.4, 0.5) is 0 Å². The molecule has 0 radical (unpaired) electrons. The van der Waals surface area contributed by atoms with Crippen LogP contribution in [0, 0.1) is 23.2 Å². The summed E-state index contributed by atoms with van der Waals surface area (Å²) in [5, 5.41) is 20.9. The summed E-state index contributed by atoms with van der Waals surface area (Å²) < 4.78 is 29.6. The molecule has 1 aliphatic rings. The predicted molar refractivity (Wildman–Crippen MR) is 191 cm³/mol. The number of carboxylic acids is 1. The molecule has 2 amide bonds. The fraction of sp³-hybridized carbons (Fsp3) is 0.811. The van der Waals surface area contributed by atoms with E-state index in [1.165, 1.54) is 0 Å². The molecule has 298 valence electrons. The van der Waals surface area contributed by atoms with Gasteiger partial charge in [-0.15, -0.1) is 0 Å². The number of carbonyl (C=O) groups is 6. The molecular formula is C37H63N3O12. The van der Waals surface area contributed by atoms with Gasteiger partial charge in [-0.3, -0.25) is 34.2 Å². The minimum Gasteiger partial charge on any atom is -0.481 e. The Hall–Kier alpha value is -3.75. The second kappa shape index (κ2) is 17.4. The summed E-state index contributed by atoms with van der Waals surface area (Å²) in [6.45, 7) is 24.7. The first-order valence-corrected chi connectivity index (χ1v) is 17.6.